The zero-order chi connectivity index (χ0) is 20.8. The van der Waals surface area contributed by atoms with Crippen LogP contribution in [0.4, 0.5) is 0 Å². The van der Waals surface area contributed by atoms with Gasteiger partial charge in [0.05, 0.1) is 12.2 Å². The van der Waals surface area contributed by atoms with Gasteiger partial charge in [-0.25, -0.2) is 4.79 Å². The predicted molar refractivity (Wildman–Crippen MR) is 115 cm³/mol. The van der Waals surface area contributed by atoms with E-state index in [1.54, 1.807) is 6.08 Å². The van der Waals surface area contributed by atoms with Gasteiger partial charge in [-0.1, -0.05) is 71.9 Å². The molecule has 0 N–H and O–H groups in total. The molecule has 1 aliphatic heterocycles. The minimum absolute atomic E-state index is 0.404. The molecule has 0 unspecified atom stereocenters. The van der Waals surface area contributed by atoms with Crippen molar-refractivity contribution in [2.24, 2.45) is 5.16 Å². The molecule has 0 amide bonds. The average Bonchev–Trinajstić information content (AvgIpc) is 3.15. The second kappa shape index (κ2) is 9.09. The Bertz CT molecular complexity index is 1090. The fraction of sp³-hybridized carbons (Fsp3) is 0.120. The number of hydrogen-bond acceptors (Lipinski definition) is 5. The van der Waals surface area contributed by atoms with E-state index in [0.717, 1.165) is 16.7 Å². The van der Waals surface area contributed by atoms with Gasteiger partial charge >= 0.3 is 5.97 Å². The molecule has 4 rings (SSSR count). The fourth-order valence-electron chi connectivity index (χ4n) is 3.12. The summed E-state index contributed by atoms with van der Waals surface area (Å²) in [5, 5.41) is 3.95. The van der Waals surface area contributed by atoms with E-state index in [9.17, 15) is 4.79 Å². The minimum atomic E-state index is -0.476. The summed E-state index contributed by atoms with van der Waals surface area (Å²) in [6.07, 6.45) is 1.75. The molecule has 5 heteroatoms. The maximum Gasteiger partial charge on any atom is 0.368 e. The van der Waals surface area contributed by atoms with Gasteiger partial charge in [0, 0.05) is 5.56 Å². The molecule has 0 bridgehead atoms. The zero-order valence-corrected chi connectivity index (χ0v) is 16.6. The maximum absolute atomic E-state index is 12.2. The Kier molecular flexibility index (Phi) is 5.90. The Hall–Kier alpha value is -3.86. The van der Waals surface area contributed by atoms with Crippen molar-refractivity contribution >= 4 is 17.8 Å². The number of rotatable bonds is 7. The minimum Gasteiger partial charge on any atom is -0.490 e. The van der Waals surface area contributed by atoms with Gasteiger partial charge in [0.2, 0.25) is 0 Å². The van der Waals surface area contributed by atoms with Crippen LogP contribution in [-0.2, 0) is 16.2 Å². The van der Waals surface area contributed by atoms with E-state index in [-0.39, 0.29) is 0 Å². The van der Waals surface area contributed by atoms with Crippen LogP contribution in [0.3, 0.4) is 0 Å². The molecule has 0 radical (unpaired) electrons. The summed E-state index contributed by atoms with van der Waals surface area (Å²) < 4.78 is 11.7. The van der Waals surface area contributed by atoms with Crippen LogP contribution in [0.5, 0.6) is 11.5 Å². The molecule has 0 aromatic heterocycles. The molecular weight excluding hydrogens is 378 g/mol. The largest absolute Gasteiger partial charge is 0.490 e. The van der Waals surface area contributed by atoms with Crippen molar-refractivity contribution in [3.05, 3.63) is 101 Å². The Labute approximate surface area is 175 Å². The van der Waals surface area contributed by atoms with E-state index in [1.165, 1.54) is 0 Å². The average molecular weight is 399 g/mol. The first kappa shape index (κ1) is 19.5. The number of ether oxygens (including phenoxy) is 2. The summed E-state index contributed by atoms with van der Waals surface area (Å²) in [7, 11) is 0. The van der Waals surface area contributed by atoms with Gasteiger partial charge in [-0.05, 0) is 36.3 Å². The van der Waals surface area contributed by atoms with Crippen LogP contribution in [0.15, 0.2) is 89.6 Å². The van der Waals surface area contributed by atoms with E-state index in [0.29, 0.717) is 36.0 Å². The highest BCUT2D eigenvalue weighted by Gasteiger charge is 2.26. The first-order valence-electron chi connectivity index (χ1n) is 9.75. The molecule has 3 aromatic rings. The molecule has 0 atom stereocenters. The molecule has 1 heterocycles. The molecule has 0 spiro atoms. The molecule has 3 aromatic carbocycles. The number of nitrogens with zero attached hydrogens (tertiary/aromatic N) is 1. The third kappa shape index (κ3) is 4.41. The normalized spacial score (nSPS) is 14.4. The third-order valence-corrected chi connectivity index (χ3v) is 4.56. The summed E-state index contributed by atoms with van der Waals surface area (Å²) in [6.45, 7) is 2.86. The molecule has 1 aliphatic rings. The first-order chi connectivity index (χ1) is 14.7. The molecule has 0 fully saturated rings. The lowest BCUT2D eigenvalue weighted by molar-refractivity contribution is -0.136. The highest BCUT2D eigenvalue weighted by molar-refractivity contribution is 6.31. The lowest BCUT2D eigenvalue weighted by Crippen LogP contribution is -2.06. The van der Waals surface area contributed by atoms with Gasteiger partial charge in [-0.15, -0.1) is 0 Å². The number of oxime groups is 1. The van der Waals surface area contributed by atoms with Crippen LogP contribution in [-0.4, -0.2) is 18.3 Å². The van der Waals surface area contributed by atoms with Gasteiger partial charge in [0.15, 0.2) is 11.5 Å². The molecule has 150 valence electrons. The van der Waals surface area contributed by atoms with E-state index in [1.807, 2.05) is 85.8 Å². The number of carbonyl (C=O) groups excluding carboxylic acids is 1. The third-order valence-electron chi connectivity index (χ3n) is 4.56. The molecule has 0 saturated carbocycles. The van der Waals surface area contributed by atoms with E-state index in [4.69, 9.17) is 14.3 Å². The molecule has 0 saturated heterocycles. The number of carbonyl (C=O) groups is 1. The number of hydrogen-bond donors (Lipinski definition) is 0. The van der Waals surface area contributed by atoms with Crippen LogP contribution < -0.4 is 9.47 Å². The number of benzene rings is 3. The van der Waals surface area contributed by atoms with Crippen LogP contribution in [0, 0.1) is 0 Å². The summed E-state index contributed by atoms with van der Waals surface area (Å²) >= 11 is 0. The van der Waals surface area contributed by atoms with Gasteiger partial charge in [-0.3, -0.25) is 0 Å². The fourth-order valence-corrected chi connectivity index (χ4v) is 3.12. The van der Waals surface area contributed by atoms with Crippen molar-refractivity contribution in [3.63, 3.8) is 0 Å². The highest BCUT2D eigenvalue weighted by Crippen LogP contribution is 2.31. The second-order valence-electron chi connectivity index (χ2n) is 6.66. The predicted octanol–water partition coefficient (Wildman–Crippen LogP) is 5.01. The summed E-state index contributed by atoms with van der Waals surface area (Å²) in [5.74, 6) is 0.789. The van der Waals surface area contributed by atoms with Crippen LogP contribution in [0.2, 0.25) is 0 Å². The van der Waals surface area contributed by atoms with E-state index >= 15 is 0 Å². The smallest absolute Gasteiger partial charge is 0.368 e. The van der Waals surface area contributed by atoms with Gasteiger partial charge in [0.25, 0.3) is 0 Å². The SMILES string of the molecule is CCOc1cc(/C=C2\C(=O)ON=C2c2ccccc2)ccc1OCc1ccccc1. The topological polar surface area (TPSA) is 57.1 Å². The second-order valence-corrected chi connectivity index (χ2v) is 6.66. The van der Waals surface area contributed by atoms with Crippen molar-refractivity contribution in [3.8, 4) is 11.5 Å². The van der Waals surface area contributed by atoms with E-state index < -0.39 is 5.97 Å². The van der Waals surface area contributed by atoms with Gasteiger partial charge in [0.1, 0.15) is 12.3 Å². The van der Waals surface area contributed by atoms with Crippen LogP contribution in [0.1, 0.15) is 23.6 Å². The van der Waals surface area contributed by atoms with Crippen molar-refractivity contribution in [1.29, 1.82) is 0 Å². The van der Waals surface area contributed by atoms with Crippen LogP contribution in [0.25, 0.3) is 6.08 Å². The van der Waals surface area contributed by atoms with Crippen molar-refractivity contribution < 1.29 is 19.1 Å². The molecule has 30 heavy (non-hydrogen) atoms. The standard InChI is InChI=1S/C25H21NO4/c1-2-28-23-16-19(13-14-22(23)29-17-18-9-5-3-6-10-18)15-21-24(26-30-25(21)27)20-11-7-4-8-12-20/h3-16H,2,17H2,1H3/b21-15-. The Balaban J connectivity index is 1.60. The van der Waals surface area contributed by atoms with Crippen molar-refractivity contribution in [2.75, 3.05) is 6.61 Å². The van der Waals surface area contributed by atoms with Gasteiger partial charge < -0.3 is 14.3 Å². The Morgan fingerprint density at radius 3 is 2.37 bits per heavy atom. The van der Waals surface area contributed by atoms with Gasteiger partial charge in [-0.2, -0.15) is 0 Å². The summed E-state index contributed by atoms with van der Waals surface area (Å²) in [5.41, 5.74) is 3.61. The lowest BCUT2D eigenvalue weighted by Gasteiger charge is -2.13. The lowest BCUT2D eigenvalue weighted by atomic mass is 10.0. The molecular formula is C25H21NO4. The summed E-state index contributed by atoms with van der Waals surface area (Å²) in [6, 6.07) is 25.0. The maximum atomic E-state index is 12.2. The quantitative estimate of drug-likeness (QED) is 0.414. The van der Waals surface area contributed by atoms with E-state index in [2.05, 4.69) is 5.16 Å². The van der Waals surface area contributed by atoms with Crippen molar-refractivity contribution in [2.45, 2.75) is 13.5 Å². The van der Waals surface area contributed by atoms with Crippen molar-refractivity contribution in [1.82, 2.24) is 0 Å². The highest BCUT2D eigenvalue weighted by atomic mass is 16.7. The molecule has 0 aliphatic carbocycles. The zero-order valence-electron chi connectivity index (χ0n) is 16.6. The van der Waals surface area contributed by atoms with Crippen LogP contribution >= 0.6 is 0 Å². The summed E-state index contributed by atoms with van der Waals surface area (Å²) in [4.78, 5) is 17.2. The molecule has 5 nitrogen and oxygen atoms in total. The Morgan fingerprint density at radius 2 is 1.63 bits per heavy atom. The first-order valence-corrected chi connectivity index (χ1v) is 9.75. The monoisotopic (exact) mass is 399 g/mol. The Morgan fingerprint density at radius 1 is 0.900 bits per heavy atom.